The van der Waals surface area contributed by atoms with E-state index in [0.717, 1.165) is 57.8 Å². The molecule has 2 heterocycles. The summed E-state index contributed by atoms with van der Waals surface area (Å²) in [6.07, 6.45) is -2.83. The minimum atomic E-state index is -1.64. The van der Waals surface area contributed by atoms with Crippen molar-refractivity contribution in [2.45, 2.75) is 187 Å². The van der Waals surface area contributed by atoms with Crippen molar-refractivity contribution in [3.63, 3.8) is 0 Å². The van der Waals surface area contributed by atoms with E-state index in [0.29, 0.717) is 12.3 Å². The molecular weight excluding hydrogens is 696 g/mol. The lowest BCUT2D eigenvalue weighted by molar-refractivity contribution is -0.376. The van der Waals surface area contributed by atoms with Gasteiger partial charge in [0.1, 0.15) is 42.7 Å². The van der Waals surface area contributed by atoms with Gasteiger partial charge >= 0.3 is 5.97 Å². The molecule has 0 spiro atoms. The highest BCUT2D eigenvalue weighted by Gasteiger charge is 2.69. The Balaban J connectivity index is 1.15. The predicted octanol–water partition coefficient (Wildman–Crippen LogP) is 3.91. The average Bonchev–Trinajstić information content (AvgIpc) is 3.10. The molecular formula is C42H68O12. The molecule has 12 nitrogen and oxygen atoms in total. The predicted molar refractivity (Wildman–Crippen MR) is 197 cm³/mol. The smallest absolute Gasteiger partial charge is 0.310 e. The maximum Gasteiger partial charge on any atom is 0.310 e. The number of ether oxygens (including phenoxy) is 4. The summed E-state index contributed by atoms with van der Waals surface area (Å²) >= 11 is 0. The van der Waals surface area contributed by atoms with Crippen LogP contribution in [0.25, 0.3) is 0 Å². The summed E-state index contributed by atoms with van der Waals surface area (Å²) < 4.78 is 24.6. The summed E-state index contributed by atoms with van der Waals surface area (Å²) in [5.74, 6) is 0.0894. The van der Waals surface area contributed by atoms with Crippen LogP contribution in [-0.2, 0) is 23.7 Å². The van der Waals surface area contributed by atoms with E-state index in [1.54, 1.807) is 0 Å². The lowest BCUT2D eigenvalue weighted by Gasteiger charge is -2.71. The Hall–Kier alpha value is -1.19. The molecule has 4 saturated carbocycles. The quantitative estimate of drug-likeness (QED) is 0.153. The summed E-state index contributed by atoms with van der Waals surface area (Å²) in [4.78, 5) is 13.1. The van der Waals surface area contributed by atoms with Crippen LogP contribution in [0.5, 0.6) is 0 Å². The van der Waals surface area contributed by atoms with Crippen LogP contribution in [0.15, 0.2) is 11.6 Å². The lowest BCUT2D eigenvalue weighted by Crippen LogP contribution is -2.66. The second kappa shape index (κ2) is 13.7. The Morgan fingerprint density at radius 2 is 1.46 bits per heavy atom. The van der Waals surface area contributed by atoms with Gasteiger partial charge in [0.15, 0.2) is 12.6 Å². The van der Waals surface area contributed by atoms with Crippen molar-refractivity contribution in [1.82, 2.24) is 0 Å². The number of carbonyl (C=O) groups is 1. The Morgan fingerprint density at radius 3 is 2.13 bits per heavy atom. The van der Waals surface area contributed by atoms with E-state index in [2.05, 4.69) is 54.5 Å². The number of hydrogen-bond acceptors (Lipinski definition) is 11. The Kier molecular flexibility index (Phi) is 10.4. The SMILES string of the molecule is C[C@@H]1O[C@@H](O[C@H]2[C@H](O[C@H]3CC[C@]4(C)[C@H]5CC=C6[C@@H]7CC(C)(C)CC[C@]7(C(=O)O)CC[C@@]6(C)[C@]5(C)CC[C@H]4C3(C)C)O[C@H](CO)[C@@H](O)[C@@H]2O)[C@H](O)[C@H](O)[C@H]1O. The van der Waals surface area contributed by atoms with E-state index >= 15 is 0 Å². The highest BCUT2D eigenvalue weighted by atomic mass is 16.8. The number of carboxylic acids is 1. The first-order valence-electron chi connectivity index (χ1n) is 20.6. The number of aliphatic hydroxyl groups is 6. The van der Waals surface area contributed by atoms with Crippen molar-refractivity contribution in [1.29, 1.82) is 0 Å². The van der Waals surface area contributed by atoms with Crippen molar-refractivity contribution in [3.05, 3.63) is 11.6 Å². The van der Waals surface area contributed by atoms with E-state index in [1.165, 1.54) is 12.5 Å². The van der Waals surface area contributed by atoms with Gasteiger partial charge in [-0.15, -0.1) is 0 Å². The first-order valence-corrected chi connectivity index (χ1v) is 20.6. The molecule has 6 fully saturated rings. The first-order chi connectivity index (χ1) is 25.1. The first kappa shape index (κ1) is 41.0. The number of carboxylic acid groups (broad SMARTS) is 1. The summed E-state index contributed by atoms with van der Waals surface area (Å²) in [6.45, 7) is 17.5. The van der Waals surface area contributed by atoms with Crippen LogP contribution >= 0.6 is 0 Å². The topological polar surface area (TPSA) is 196 Å². The number of rotatable bonds is 6. The van der Waals surface area contributed by atoms with Crippen molar-refractivity contribution in [3.8, 4) is 0 Å². The third-order valence-electron chi connectivity index (χ3n) is 17.2. The van der Waals surface area contributed by atoms with Gasteiger partial charge in [-0.05, 0) is 116 Å². The van der Waals surface area contributed by atoms with Gasteiger partial charge in [-0.3, -0.25) is 4.79 Å². The highest BCUT2D eigenvalue weighted by molar-refractivity contribution is 5.76. The summed E-state index contributed by atoms with van der Waals surface area (Å²) in [5.41, 5.74) is 0.339. The summed E-state index contributed by atoms with van der Waals surface area (Å²) in [7, 11) is 0. The molecule has 2 saturated heterocycles. The second-order valence-corrected chi connectivity index (χ2v) is 20.7. The Labute approximate surface area is 320 Å². The molecule has 7 aliphatic rings. The van der Waals surface area contributed by atoms with E-state index in [-0.39, 0.29) is 45.0 Å². The number of fused-ring (bicyclic) bond motifs is 7. The number of allylic oxidation sites excluding steroid dienone is 2. The number of aliphatic hydroxyl groups excluding tert-OH is 6. The largest absolute Gasteiger partial charge is 0.481 e. The molecule has 2 aliphatic heterocycles. The molecule has 0 unspecified atom stereocenters. The Morgan fingerprint density at radius 1 is 0.778 bits per heavy atom. The molecule has 7 rings (SSSR count). The minimum Gasteiger partial charge on any atom is -0.481 e. The van der Waals surface area contributed by atoms with E-state index in [1.807, 2.05) is 0 Å². The minimum absolute atomic E-state index is 0.00547. The van der Waals surface area contributed by atoms with Gasteiger partial charge in [-0.1, -0.05) is 60.1 Å². The fourth-order valence-electron chi connectivity index (χ4n) is 13.6. The van der Waals surface area contributed by atoms with Crippen LogP contribution in [0.4, 0.5) is 0 Å². The monoisotopic (exact) mass is 764 g/mol. The van der Waals surface area contributed by atoms with Gasteiger partial charge in [-0.2, -0.15) is 0 Å². The summed E-state index contributed by atoms with van der Waals surface area (Å²) in [5, 5.41) is 74.3. The molecule has 54 heavy (non-hydrogen) atoms. The third-order valence-corrected chi connectivity index (χ3v) is 17.2. The third kappa shape index (κ3) is 5.93. The van der Waals surface area contributed by atoms with Crippen molar-refractivity contribution in [2.24, 2.45) is 50.2 Å². The maximum absolute atomic E-state index is 13.1. The van der Waals surface area contributed by atoms with Crippen molar-refractivity contribution < 1.29 is 59.5 Å². The maximum atomic E-state index is 13.1. The van der Waals surface area contributed by atoms with Crippen LogP contribution < -0.4 is 0 Å². The molecule has 7 N–H and O–H groups in total. The molecule has 0 radical (unpaired) electrons. The van der Waals surface area contributed by atoms with Crippen LogP contribution in [0.1, 0.15) is 120 Å². The van der Waals surface area contributed by atoms with Gasteiger partial charge in [0.25, 0.3) is 0 Å². The fraction of sp³-hybridized carbons (Fsp3) is 0.929. The zero-order valence-electron chi connectivity index (χ0n) is 33.6. The standard InChI is InChI=1S/C42H68O12/c1-21-28(44)30(46)32(48)34(51-21)54-33-31(47)29(45)24(20-43)52-35(33)53-27-12-13-39(6)25(38(27,4)5)11-14-41(8)26(39)10-9-22-23-19-37(2,3)15-17-42(23,36(49)50)18-16-40(22,41)7/h9,21,23-35,43-48H,10-20H2,1-8H3,(H,49,50)/t21-,23-,24+,25-,26+,27-,28-,29+,30+,31-,32+,33+,34-,35-,39-,40+,41+,42-/m0/s1. The second-order valence-electron chi connectivity index (χ2n) is 20.7. The normalized spacial score (nSPS) is 53.9. The molecule has 308 valence electrons. The number of hydrogen-bond donors (Lipinski definition) is 7. The molecule has 0 aromatic rings. The van der Waals surface area contributed by atoms with Crippen molar-refractivity contribution in [2.75, 3.05) is 6.61 Å². The molecule has 12 heteroatoms. The Bertz CT molecular complexity index is 1470. The van der Waals surface area contributed by atoms with Gasteiger partial charge in [0.2, 0.25) is 0 Å². The highest BCUT2D eigenvalue weighted by Crippen LogP contribution is 2.76. The zero-order chi connectivity index (χ0) is 39.6. The van der Waals surface area contributed by atoms with Crippen LogP contribution in [0.2, 0.25) is 0 Å². The zero-order valence-corrected chi connectivity index (χ0v) is 33.6. The van der Waals surface area contributed by atoms with Gasteiger partial charge in [0, 0.05) is 0 Å². The van der Waals surface area contributed by atoms with E-state index < -0.39 is 79.4 Å². The van der Waals surface area contributed by atoms with Gasteiger partial charge in [-0.25, -0.2) is 0 Å². The van der Waals surface area contributed by atoms with Crippen molar-refractivity contribution >= 4 is 5.97 Å². The van der Waals surface area contributed by atoms with Crippen LogP contribution in [0.3, 0.4) is 0 Å². The molecule has 5 aliphatic carbocycles. The summed E-state index contributed by atoms with van der Waals surface area (Å²) in [6, 6.07) is 0. The number of aliphatic carboxylic acids is 1. The van der Waals surface area contributed by atoms with Gasteiger partial charge in [0.05, 0.1) is 24.2 Å². The average molecular weight is 765 g/mol. The lowest BCUT2D eigenvalue weighted by atomic mass is 9.33. The van der Waals surface area contributed by atoms with E-state index in [4.69, 9.17) is 18.9 Å². The van der Waals surface area contributed by atoms with E-state index in [9.17, 15) is 40.5 Å². The van der Waals surface area contributed by atoms with Crippen LogP contribution in [0, 0.1) is 50.2 Å². The van der Waals surface area contributed by atoms with Gasteiger partial charge < -0.3 is 54.7 Å². The molecule has 0 bridgehead atoms. The van der Waals surface area contributed by atoms with Crippen LogP contribution in [-0.4, -0.2) is 116 Å². The molecule has 18 atom stereocenters. The fourth-order valence-corrected chi connectivity index (χ4v) is 13.6. The molecule has 0 aromatic heterocycles. The molecule has 0 amide bonds. The molecule has 0 aromatic carbocycles.